The van der Waals surface area contributed by atoms with E-state index in [9.17, 15) is 14.4 Å². The molecule has 7 heteroatoms. The fourth-order valence-electron chi connectivity index (χ4n) is 4.10. The van der Waals surface area contributed by atoms with Crippen molar-refractivity contribution in [2.45, 2.75) is 76.9 Å². The van der Waals surface area contributed by atoms with E-state index in [1.54, 1.807) is 6.07 Å². The van der Waals surface area contributed by atoms with Crippen molar-refractivity contribution >= 4 is 22.9 Å². The highest BCUT2D eigenvalue weighted by molar-refractivity contribution is 5.82. The van der Waals surface area contributed by atoms with E-state index in [-0.39, 0.29) is 17.9 Å². The van der Waals surface area contributed by atoms with Gasteiger partial charge in [-0.3, -0.25) is 9.59 Å². The molecule has 0 bridgehead atoms. The molecular weight excluding hydrogens is 394 g/mol. The minimum absolute atomic E-state index is 0.0112. The number of aromatic amines is 1. The van der Waals surface area contributed by atoms with Crippen molar-refractivity contribution in [1.82, 2.24) is 15.6 Å². The first kappa shape index (κ1) is 22.8. The summed E-state index contributed by atoms with van der Waals surface area (Å²) < 4.78 is 5.46. The number of benzene rings is 1. The summed E-state index contributed by atoms with van der Waals surface area (Å²) in [6.07, 6.45) is 5.27. The largest absolute Gasteiger partial charge is 0.444 e. The number of carbonyl (C=O) groups excluding carboxylic acids is 2. The minimum atomic E-state index is -0.587. The Morgan fingerprint density at radius 1 is 1.10 bits per heavy atom. The Kier molecular flexibility index (Phi) is 7.03. The Balaban J connectivity index is 1.68. The van der Waals surface area contributed by atoms with Crippen molar-refractivity contribution < 1.29 is 14.3 Å². The lowest BCUT2D eigenvalue weighted by atomic mass is 9.90. The highest BCUT2D eigenvalue weighted by Crippen LogP contribution is 2.27. The van der Waals surface area contributed by atoms with Gasteiger partial charge in [-0.2, -0.15) is 0 Å². The fourth-order valence-corrected chi connectivity index (χ4v) is 4.10. The van der Waals surface area contributed by atoms with Crippen molar-refractivity contribution in [3.05, 3.63) is 46.2 Å². The summed E-state index contributed by atoms with van der Waals surface area (Å²) in [5, 5.41) is 6.88. The normalized spacial score (nSPS) is 16.4. The van der Waals surface area contributed by atoms with Gasteiger partial charge < -0.3 is 20.4 Å². The SMILES string of the molecule is CC(C)(C)OC(=O)NC1(CNC(=O)Cc2cc3ccccc3[nH]c2=O)CCCCCC1. The van der Waals surface area contributed by atoms with Crippen LogP contribution in [0.15, 0.2) is 35.1 Å². The van der Waals surface area contributed by atoms with Crippen LogP contribution in [0.25, 0.3) is 10.9 Å². The number of ether oxygens (including phenoxy) is 1. The van der Waals surface area contributed by atoms with E-state index >= 15 is 0 Å². The second-order valence-electron chi connectivity index (χ2n) is 9.49. The molecule has 168 valence electrons. The molecule has 1 aromatic heterocycles. The summed E-state index contributed by atoms with van der Waals surface area (Å²) in [5.74, 6) is -0.240. The summed E-state index contributed by atoms with van der Waals surface area (Å²) in [6.45, 7) is 5.80. The number of pyridine rings is 1. The first-order valence-electron chi connectivity index (χ1n) is 11.0. The van der Waals surface area contributed by atoms with Crippen molar-refractivity contribution in [2.24, 2.45) is 0 Å². The number of amides is 2. The molecule has 1 heterocycles. The van der Waals surface area contributed by atoms with Gasteiger partial charge in [0.2, 0.25) is 5.91 Å². The van der Waals surface area contributed by atoms with E-state index in [1.807, 2.05) is 45.0 Å². The topological polar surface area (TPSA) is 100 Å². The maximum atomic E-state index is 12.7. The van der Waals surface area contributed by atoms with Gasteiger partial charge in [0.1, 0.15) is 5.60 Å². The molecule has 7 nitrogen and oxygen atoms in total. The molecule has 1 fully saturated rings. The van der Waals surface area contributed by atoms with E-state index in [2.05, 4.69) is 15.6 Å². The number of H-pyrrole nitrogens is 1. The number of alkyl carbamates (subject to hydrolysis) is 1. The second-order valence-corrected chi connectivity index (χ2v) is 9.49. The average molecular weight is 428 g/mol. The van der Waals surface area contributed by atoms with Crippen LogP contribution >= 0.6 is 0 Å². The Labute approximate surface area is 182 Å². The zero-order chi connectivity index (χ0) is 22.5. The van der Waals surface area contributed by atoms with Crippen LogP contribution in [0.2, 0.25) is 0 Å². The summed E-state index contributed by atoms with van der Waals surface area (Å²) in [6, 6.07) is 9.24. The van der Waals surface area contributed by atoms with Crippen LogP contribution in [0, 0.1) is 0 Å². The molecule has 1 aliphatic carbocycles. The van der Waals surface area contributed by atoms with Gasteiger partial charge in [0.25, 0.3) is 5.56 Å². The molecule has 0 atom stereocenters. The standard InChI is InChI=1S/C24H33N3O4/c1-23(2,3)31-22(30)27-24(12-8-4-5-9-13-24)16-25-20(28)15-18-14-17-10-6-7-11-19(17)26-21(18)29/h6-7,10-11,14H,4-5,8-9,12-13,15-16H2,1-3H3,(H,25,28)(H,26,29)(H,27,30). The molecule has 0 saturated heterocycles. The van der Waals surface area contributed by atoms with Crippen LogP contribution in [-0.4, -0.2) is 34.7 Å². The molecule has 0 unspecified atom stereocenters. The van der Waals surface area contributed by atoms with Crippen LogP contribution < -0.4 is 16.2 Å². The first-order valence-corrected chi connectivity index (χ1v) is 11.0. The van der Waals surface area contributed by atoms with Gasteiger partial charge in [-0.1, -0.05) is 43.9 Å². The van der Waals surface area contributed by atoms with E-state index in [0.717, 1.165) is 49.4 Å². The summed E-state index contributed by atoms with van der Waals surface area (Å²) in [7, 11) is 0. The summed E-state index contributed by atoms with van der Waals surface area (Å²) in [4.78, 5) is 40.3. The van der Waals surface area contributed by atoms with Crippen molar-refractivity contribution in [3.8, 4) is 0 Å². The zero-order valence-electron chi connectivity index (χ0n) is 18.7. The highest BCUT2D eigenvalue weighted by atomic mass is 16.6. The van der Waals surface area contributed by atoms with Crippen LogP contribution in [0.1, 0.15) is 64.9 Å². The molecule has 3 rings (SSSR count). The maximum absolute atomic E-state index is 12.7. The number of nitrogens with one attached hydrogen (secondary N) is 3. The predicted molar refractivity (Wildman–Crippen MR) is 121 cm³/mol. The minimum Gasteiger partial charge on any atom is -0.444 e. The third kappa shape index (κ3) is 6.57. The van der Waals surface area contributed by atoms with Gasteiger partial charge in [0.05, 0.1) is 12.0 Å². The predicted octanol–water partition coefficient (Wildman–Crippen LogP) is 3.80. The molecule has 0 spiro atoms. The number of hydrogen-bond donors (Lipinski definition) is 3. The number of aromatic nitrogens is 1. The van der Waals surface area contributed by atoms with E-state index in [4.69, 9.17) is 4.74 Å². The molecule has 1 aromatic carbocycles. The van der Waals surface area contributed by atoms with Crippen LogP contribution in [0.3, 0.4) is 0 Å². The van der Waals surface area contributed by atoms with E-state index < -0.39 is 17.2 Å². The van der Waals surface area contributed by atoms with Crippen molar-refractivity contribution in [2.75, 3.05) is 6.54 Å². The molecule has 0 aliphatic heterocycles. The molecule has 2 amide bonds. The number of fused-ring (bicyclic) bond motifs is 1. The number of carbonyl (C=O) groups is 2. The molecule has 0 radical (unpaired) electrons. The van der Waals surface area contributed by atoms with Crippen LogP contribution in [-0.2, 0) is 16.0 Å². The van der Waals surface area contributed by atoms with Gasteiger partial charge >= 0.3 is 6.09 Å². The highest BCUT2D eigenvalue weighted by Gasteiger charge is 2.34. The fraction of sp³-hybridized carbons (Fsp3) is 0.542. The van der Waals surface area contributed by atoms with Crippen molar-refractivity contribution in [3.63, 3.8) is 0 Å². The molecular formula is C24H33N3O4. The quantitative estimate of drug-likeness (QED) is 0.632. The monoisotopic (exact) mass is 427 g/mol. The number of rotatable bonds is 5. The van der Waals surface area contributed by atoms with E-state index in [1.165, 1.54) is 0 Å². The Morgan fingerprint density at radius 3 is 2.45 bits per heavy atom. The lowest BCUT2D eigenvalue weighted by Crippen LogP contribution is -2.56. The smallest absolute Gasteiger partial charge is 0.408 e. The third-order valence-corrected chi connectivity index (χ3v) is 5.63. The van der Waals surface area contributed by atoms with E-state index in [0.29, 0.717) is 12.1 Å². The second kappa shape index (κ2) is 9.54. The maximum Gasteiger partial charge on any atom is 0.408 e. The van der Waals surface area contributed by atoms with Crippen molar-refractivity contribution in [1.29, 1.82) is 0 Å². The Hall–Kier alpha value is -2.83. The summed E-state index contributed by atoms with van der Waals surface area (Å²) >= 11 is 0. The zero-order valence-corrected chi connectivity index (χ0v) is 18.7. The molecule has 2 aromatic rings. The van der Waals surface area contributed by atoms with Gasteiger partial charge in [-0.15, -0.1) is 0 Å². The summed E-state index contributed by atoms with van der Waals surface area (Å²) in [5.41, 5.74) is -0.215. The van der Waals surface area contributed by atoms with Gasteiger partial charge in [0.15, 0.2) is 0 Å². The molecule has 31 heavy (non-hydrogen) atoms. The number of para-hydroxylation sites is 1. The average Bonchev–Trinajstić information content (AvgIpc) is 2.91. The lowest BCUT2D eigenvalue weighted by molar-refractivity contribution is -0.120. The molecule has 3 N–H and O–H groups in total. The Morgan fingerprint density at radius 2 is 1.77 bits per heavy atom. The van der Waals surface area contributed by atoms with Gasteiger partial charge in [0, 0.05) is 17.6 Å². The third-order valence-electron chi connectivity index (χ3n) is 5.63. The van der Waals surface area contributed by atoms with Crippen LogP contribution in [0.5, 0.6) is 0 Å². The van der Waals surface area contributed by atoms with Crippen LogP contribution in [0.4, 0.5) is 4.79 Å². The first-order chi connectivity index (χ1) is 14.7. The van der Waals surface area contributed by atoms with Gasteiger partial charge in [-0.05, 0) is 51.1 Å². The lowest BCUT2D eigenvalue weighted by Gasteiger charge is -2.35. The molecule has 1 saturated carbocycles. The number of hydrogen-bond acceptors (Lipinski definition) is 4. The Bertz CT molecular complexity index is 982. The van der Waals surface area contributed by atoms with Gasteiger partial charge in [-0.25, -0.2) is 4.79 Å². The molecule has 1 aliphatic rings.